The van der Waals surface area contributed by atoms with Gasteiger partial charge in [0.05, 0.1) is 30.3 Å². The second-order valence-electron chi connectivity index (χ2n) is 8.53. The molecule has 2 aromatic rings. The Labute approximate surface area is 174 Å². The first-order valence-corrected chi connectivity index (χ1v) is 9.84. The summed E-state index contributed by atoms with van der Waals surface area (Å²) in [6.45, 7) is 5.61. The summed E-state index contributed by atoms with van der Waals surface area (Å²) in [5, 5.41) is 30.3. The molecule has 162 valence electrons. The Hall–Kier alpha value is -2.85. The molecule has 0 bridgehead atoms. The van der Waals surface area contributed by atoms with Crippen molar-refractivity contribution in [3.8, 4) is 11.4 Å². The number of amides is 2. The van der Waals surface area contributed by atoms with Crippen LogP contribution in [0, 0.1) is 5.41 Å². The molecule has 2 aromatic heterocycles. The lowest BCUT2D eigenvalue weighted by molar-refractivity contribution is -0.144. The van der Waals surface area contributed by atoms with Crippen molar-refractivity contribution in [2.24, 2.45) is 5.41 Å². The third-order valence-electron chi connectivity index (χ3n) is 5.17. The number of aromatic nitrogens is 4. The number of aliphatic hydroxyl groups excluding tert-OH is 2. The highest BCUT2D eigenvalue weighted by molar-refractivity contribution is 5.90. The Bertz CT molecular complexity index is 922. The monoisotopic (exact) mass is 416 g/mol. The molecule has 1 fully saturated rings. The number of aliphatic hydroxyl groups is 2. The molecule has 1 aliphatic heterocycles. The van der Waals surface area contributed by atoms with E-state index in [-0.39, 0.29) is 31.4 Å². The highest BCUT2D eigenvalue weighted by atomic mass is 16.3. The van der Waals surface area contributed by atoms with Crippen LogP contribution in [0.1, 0.15) is 38.9 Å². The number of pyridine rings is 1. The summed E-state index contributed by atoms with van der Waals surface area (Å²) in [5.74, 6) is -0.613. The van der Waals surface area contributed by atoms with Crippen LogP contribution in [0.2, 0.25) is 0 Å². The van der Waals surface area contributed by atoms with Crippen LogP contribution in [0.5, 0.6) is 0 Å². The van der Waals surface area contributed by atoms with Crippen molar-refractivity contribution >= 4 is 11.8 Å². The van der Waals surface area contributed by atoms with Gasteiger partial charge in [0.1, 0.15) is 17.8 Å². The van der Waals surface area contributed by atoms with Crippen molar-refractivity contribution in [3.63, 3.8) is 0 Å². The lowest BCUT2D eigenvalue weighted by atomic mass is 9.85. The summed E-state index contributed by atoms with van der Waals surface area (Å²) in [6.07, 6.45) is 1.08. The first kappa shape index (κ1) is 21.8. The van der Waals surface area contributed by atoms with Crippen molar-refractivity contribution in [3.05, 3.63) is 30.1 Å². The first-order chi connectivity index (χ1) is 14.2. The lowest BCUT2D eigenvalue weighted by Crippen LogP contribution is -2.49. The first-order valence-electron chi connectivity index (χ1n) is 9.84. The molecule has 3 atom stereocenters. The maximum absolute atomic E-state index is 13.5. The van der Waals surface area contributed by atoms with Crippen LogP contribution in [0.25, 0.3) is 11.4 Å². The van der Waals surface area contributed by atoms with Crippen LogP contribution in [-0.2, 0) is 16.2 Å². The zero-order chi connectivity index (χ0) is 22.1. The summed E-state index contributed by atoms with van der Waals surface area (Å²) < 4.78 is 1.48. The van der Waals surface area contributed by atoms with E-state index >= 15 is 0 Å². The fourth-order valence-electron chi connectivity index (χ4n) is 3.74. The molecule has 2 amide bonds. The summed E-state index contributed by atoms with van der Waals surface area (Å²) in [5.41, 5.74) is 0.970. The van der Waals surface area contributed by atoms with Crippen LogP contribution < -0.4 is 5.32 Å². The predicted molar refractivity (Wildman–Crippen MR) is 108 cm³/mol. The van der Waals surface area contributed by atoms with Gasteiger partial charge in [-0.25, -0.2) is 9.67 Å². The molecule has 3 heterocycles. The van der Waals surface area contributed by atoms with Gasteiger partial charge in [-0.15, -0.1) is 5.10 Å². The number of β-amino-alcohol motifs (C(OH)–C–C–N with tert-alkyl or cyclic N) is 1. The van der Waals surface area contributed by atoms with Gasteiger partial charge in [0.2, 0.25) is 11.8 Å². The Morgan fingerprint density at radius 3 is 2.67 bits per heavy atom. The van der Waals surface area contributed by atoms with Crippen LogP contribution in [0.15, 0.2) is 24.4 Å². The van der Waals surface area contributed by atoms with E-state index < -0.39 is 23.6 Å². The van der Waals surface area contributed by atoms with Crippen LogP contribution >= 0.6 is 0 Å². The molecule has 30 heavy (non-hydrogen) atoms. The third-order valence-corrected chi connectivity index (χ3v) is 5.17. The number of likely N-dealkylation sites (N-methyl/N-ethyl adjacent to an activating group) is 1. The molecule has 3 N–H and O–H groups in total. The molecule has 10 nitrogen and oxygen atoms in total. The number of carbonyl (C=O) groups excluding carboxylic acids is 2. The SMILES string of the molecule is CNC(=O)C1CC(O)CN1C(=O)[C@@H](n1cc(-c2cccc(CO)n2)nn1)C(C)(C)C. The summed E-state index contributed by atoms with van der Waals surface area (Å²) in [7, 11) is 1.51. The zero-order valence-corrected chi connectivity index (χ0v) is 17.6. The number of hydrogen-bond acceptors (Lipinski definition) is 7. The minimum absolute atomic E-state index is 0.0884. The van der Waals surface area contributed by atoms with Crippen LogP contribution in [0.3, 0.4) is 0 Å². The average Bonchev–Trinajstić information content (AvgIpc) is 3.33. The minimum Gasteiger partial charge on any atom is -0.391 e. The van der Waals surface area contributed by atoms with E-state index in [0.717, 1.165) is 0 Å². The maximum Gasteiger partial charge on any atom is 0.248 e. The molecule has 1 aliphatic rings. The molecule has 10 heteroatoms. The molecule has 2 unspecified atom stereocenters. The molecular weight excluding hydrogens is 388 g/mol. The highest BCUT2D eigenvalue weighted by Crippen LogP contribution is 2.34. The Morgan fingerprint density at radius 1 is 1.30 bits per heavy atom. The van der Waals surface area contributed by atoms with Gasteiger partial charge in [-0.05, 0) is 17.5 Å². The van der Waals surface area contributed by atoms with E-state index in [0.29, 0.717) is 17.1 Å². The molecule has 1 saturated heterocycles. The number of nitrogens with one attached hydrogen (secondary N) is 1. The molecule has 0 aliphatic carbocycles. The van der Waals surface area contributed by atoms with Gasteiger partial charge < -0.3 is 20.4 Å². The predicted octanol–water partition coefficient (Wildman–Crippen LogP) is 0.127. The fourth-order valence-corrected chi connectivity index (χ4v) is 3.74. The van der Waals surface area contributed by atoms with E-state index in [2.05, 4.69) is 20.6 Å². The second kappa shape index (κ2) is 8.49. The Morgan fingerprint density at radius 2 is 2.03 bits per heavy atom. The van der Waals surface area contributed by atoms with E-state index in [9.17, 15) is 19.8 Å². The number of nitrogens with zero attached hydrogens (tertiary/aromatic N) is 5. The van der Waals surface area contributed by atoms with Gasteiger partial charge in [-0.3, -0.25) is 9.59 Å². The van der Waals surface area contributed by atoms with E-state index in [4.69, 9.17) is 0 Å². The van der Waals surface area contributed by atoms with Crippen LogP contribution in [-0.4, -0.2) is 72.6 Å². The Balaban J connectivity index is 1.95. The van der Waals surface area contributed by atoms with E-state index in [1.807, 2.05) is 20.8 Å². The van der Waals surface area contributed by atoms with Crippen LogP contribution in [0.4, 0.5) is 0 Å². The normalized spacial score (nSPS) is 20.3. The molecule has 0 spiro atoms. The second-order valence-corrected chi connectivity index (χ2v) is 8.53. The Kier molecular flexibility index (Phi) is 6.18. The third kappa shape index (κ3) is 4.34. The number of rotatable bonds is 5. The van der Waals surface area contributed by atoms with Crippen molar-refractivity contribution in [1.29, 1.82) is 0 Å². The van der Waals surface area contributed by atoms with Gasteiger partial charge in [-0.1, -0.05) is 32.1 Å². The molecule has 0 aromatic carbocycles. The van der Waals surface area contributed by atoms with Crippen molar-refractivity contribution < 1.29 is 19.8 Å². The van der Waals surface area contributed by atoms with Gasteiger partial charge in [0.15, 0.2) is 0 Å². The highest BCUT2D eigenvalue weighted by Gasteiger charge is 2.45. The van der Waals surface area contributed by atoms with Gasteiger partial charge in [0.25, 0.3) is 0 Å². The summed E-state index contributed by atoms with van der Waals surface area (Å²) in [4.78, 5) is 31.5. The number of carbonyl (C=O) groups is 2. The molecule has 3 rings (SSSR count). The topological polar surface area (TPSA) is 133 Å². The minimum atomic E-state index is -0.756. The summed E-state index contributed by atoms with van der Waals surface area (Å²) >= 11 is 0. The van der Waals surface area contributed by atoms with Crippen molar-refractivity contribution in [2.75, 3.05) is 13.6 Å². The van der Waals surface area contributed by atoms with Gasteiger partial charge in [0, 0.05) is 20.0 Å². The van der Waals surface area contributed by atoms with Crippen molar-refractivity contribution in [2.45, 2.75) is 52.0 Å². The smallest absolute Gasteiger partial charge is 0.248 e. The maximum atomic E-state index is 13.5. The summed E-state index contributed by atoms with van der Waals surface area (Å²) in [6, 6.07) is 3.75. The van der Waals surface area contributed by atoms with Gasteiger partial charge >= 0.3 is 0 Å². The fraction of sp³-hybridized carbons (Fsp3) is 0.550. The lowest BCUT2D eigenvalue weighted by Gasteiger charge is -2.34. The number of hydrogen-bond donors (Lipinski definition) is 3. The average molecular weight is 416 g/mol. The van der Waals surface area contributed by atoms with Crippen molar-refractivity contribution in [1.82, 2.24) is 30.2 Å². The quantitative estimate of drug-likeness (QED) is 0.631. The molecule has 0 saturated carbocycles. The van der Waals surface area contributed by atoms with Gasteiger partial charge in [-0.2, -0.15) is 0 Å². The van der Waals surface area contributed by atoms with E-state index in [1.165, 1.54) is 16.6 Å². The largest absolute Gasteiger partial charge is 0.391 e. The molecule has 0 radical (unpaired) electrons. The van der Waals surface area contributed by atoms with E-state index in [1.54, 1.807) is 24.4 Å². The number of likely N-dealkylation sites (tertiary alicyclic amines) is 1. The zero-order valence-electron chi connectivity index (χ0n) is 17.6. The molecular formula is C20H28N6O4. The standard InChI is InChI=1S/C20H28N6O4/c1-20(2,3)17(19(30)25-9-13(28)8-16(25)18(29)21-4)26-10-15(23-24-26)14-7-5-6-12(11-27)22-14/h5-7,10,13,16-17,27-28H,8-9,11H2,1-4H3,(H,21,29)/t13?,16?,17-/m1/s1.